The molecule has 0 spiro atoms. The third kappa shape index (κ3) is 7.53. The zero-order valence-corrected chi connectivity index (χ0v) is 16.2. The Kier molecular flexibility index (Phi) is 8.59. The fourth-order valence-corrected chi connectivity index (χ4v) is 2.65. The molecule has 0 atom stereocenters. The quantitative estimate of drug-likeness (QED) is 0.489. The molecule has 0 aliphatic rings. The highest BCUT2D eigenvalue weighted by Gasteiger charge is 2.11. The largest absolute Gasteiger partial charge is 0.492 e. The highest BCUT2D eigenvalue weighted by Crippen LogP contribution is 2.17. The summed E-state index contributed by atoms with van der Waals surface area (Å²) in [6, 6.07) is 17.0. The summed E-state index contributed by atoms with van der Waals surface area (Å²) in [7, 11) is 0. The number of nitrogens with one attached hydrogen (secondary N) is 2. The molecule has 28 heavy (non-hydrogen) atoms. The van der Waals surface area contributed by atoms with Crippen LogP contribution < -0.4 is 15.4 Å². The molecule has 6 nitrogen and oxygen atoms in total. The number of rotatable bonds is 10. The lowest BCUT2D eigenvalue weighted by atomic mass is 10.1. The van der Waals surface area contributed by atoms with Crippen molar-refractivity contribution in [3.63, 3.8) is 0 Å². The van der Waals surface area contributed by atoms with E-state index in [9.17, 15) is 9.59 Å². The van der Waals surface area contributed by atoms with E-state index in [1.165, 1.54) is 12.5 Å². The Bertz CT molecular complexity index is 778. The molecule has 0 saturated heterocycles. The maximum atomic E-state index is 12.4. The summed E-state index contributed by atoms with van der Waals surface area (Å²) >= 11 is 0. The molecule has 3 amide bonds. The minimum absolute atomic E-state index is 0.137. The number of amides is 3. The lowest BCUT2D eigenvalue weighted by molar-refractivity contribution is -0.114. The second kappa shape index (κ2) is 11.4. The molecule has 0 unspecified atom stereocenters. The van der Waals surface area contributed by atoms with Crippen molar-refractivity contribution in [2.45, 2.75) is 13.3 Å². The molecule has 2 aromatic rings. The third-order valence-electron chi connectivity index (χ3n) is 3.95. The number of carbonyl (C=O) groups is 2. The van der Waals surface area contributed by atoms with Crippen LogP contribution in [0.25, 0.3) is 0 Å². The van der Waals surface area contributed by atoms with Crippen LogP contribution in [0.4, 0.5) is 10.5 Å². The first-order valence-corrected chi connectivity index (χ1v) is 9.26. The van der Waals surface area contributed by atoms with Gasteiger partial charge in [0.05, 0.1) is 6.54 Å². The number of ether oxygens (including phenoxy) is 1. The van der Waals surface area contributed by atoms with Crippen molar-refractivity contribution < 1.29 is 14.3 Å². The molecule has 0 aliphatic carbocycles. The normalized spacial score (nSPS) is 10.0. The Morgan fingerprint density at radius 2 is 1.93 bits per heavy atom. The van der Waals surface area contributed by atoms with Crippen LogP contribution in [-0.4, -0.2) is 43.1 Å². The van der Waals surface area contributed by atoms with Crippen molar-refractivity contribution in [1.82, 2.24) is 10.2 Å². The predicted molar refractivity (Wildman–Crippen MR) is 112 cm³/mol. The van der Waals surface area contributed by atoms with Crippen molar-refractivity contribution in [3.05, 3.63) is 72.8 Å². The molecule has 0 heterocycles. The summed E-state index contributed by atoms with van der Waals surface area (Å²) in [5.74, 6) is 0.495. The molecule has 2 N–H and O–H groups in total. The van der Waals surface area contributed by atoms with E-state index in [-0.39, 0.29) is 11.9 Å². The minimum atomic E-state index is -0.147. The Morgan fingerprint density at radius 1 is 1.14 bits per heavy atom. The van der Waals surface area contributed by atoms with Crippen LogP contribution >= 0.6 is 0 Å². The SMILES string of the molecule is C=CCN(CCc1ccccc1)C(=O)NCCOc1cccc(NC(C)=O)c1. The van der Waals surface area contributed by atoms with Gasteiger partial charge in [0.1, 0.15) is 12.4 Å². The monoisotopic (exact) mass is 381 g/mol. The van der Waals surface area contributed by atoms with Crippen molar-refractivity contribution in [3.8, 4) is 5.75 Å². The van der Waals surface area contributed by atoms with Crippen LogP contribution in [0, 0.1) is 0 Å². The van der Waals surface area contributed by atoms with Gasteiger partial charge in [-0.25, -0.2) is 4.79 Å². The highest BCUT2D eigenvalue weighted by atomic mass is 16.5. The van der Waals surface area contributed by atoms with Crippen molar-refractivity contribution >= 4 is 17.6 Å². The topological polar surface area (TPSA) is 70.7 Å². The first kappa shape index (κ1) is 21.0. The van der Waals surface area contributed by atoms with Gasteiger partial charge in [0, 0.05) is 31.8 Å². The fourth-order valence-electron chi connectivity index (χ4n) is 2.65. The molecule has 0 aromatic heterocycles. The molecule has 2 rings (SSSR count). The van der Waals surface area contributed by atoms with Crippen molar-refractivity contribution in [1.29, 1.82) is 0 Å². The van der Waals surface area contributed by atoms with Gasteiger partial charge in [-0.2, -0.15) is 0 Å². The third-order valence-corrected chi connectivity index (χ3v) is 3.95. The standard InChI is InChI=1S/C22H27N3O3/c1-3-14-25(15-12-19-8-5-4-6-9-19)22(27)23-13-16-28-21-11-7-10-20(17-21)24-18(2)26/h3-11,17H,1,12-16H2,2H3,(H,23,27)(H,24,26). The summed E-state index contributed by atoms with van der Waals surface area (Å²) in [5, 5.41) is 5.57. The number of anilines is 1. The first-order valence-electron chi connectivity index (χ1n) is 9.26. The number of carbonyl (C=O) groups excluding carboxylic acids is 2. The van der Waals surface area contributed by atoms with E-state index in [0.29, 0.717) is 37.7 Å². The maximum absolute atomic E-state index is 12.4. The van der Waals surface area contributed by atoms with Crippen LogP contribution in [0.2, 0.25) is 0 Å². The number of nitrogens with zero attached hydrogens (tertiary/aromatic N) is 1. The Morgan fingerprint density at radius 3 is 2.64 bits per heavy atom. The number of hydrogen-bond donors (Lipinski definition) is 2. The average Bonchev–Trinajstić information content (AvgIpc) is 2.69. The van der Waals surface area contributed by atoms with E-state index in [1.54, 1.807) is 35.2 Å². The maximum Gasteiger partial charge on any atom is 0.317 e. The summed E-state index contributed by atoms with van der Waals surface area (Å²) < 4.78 is 5.64. The van der Waals surface area contributed by atoms with Gasteiger partial charge < -0.3 is 20.3 Å². The summed E-state index contributed by atoms with van der Waals surface area (Å²) in [6.45, 7) is 6.98. The second-order valence-electron chi connectivity index (χ2n) is 6.26. The molecule has 148 valence electrons. The smallest absolute Gasteiger partial charge is 0.317 e. The molecular weight excluding hydrogens is 354 g/mol. The van der Waals surface area contributed by atoms with E-state index < -0.39 is 0 Å². The molecule has 2 aromatic carbocycles. The zero-order chi connectivity index (χ0) is 20.2. The van der Waals surface area contributed by atoms with Gasteiger partial charge in [-0.1, -0.05) is 42.5 Å². The van der Waals surface area contributed by atoms with E-state index in [0.717, 1.165) is 6.42 Å². The Labute approximate surface area is 166 Å². The summed E-state index contributed by atoms with van der Waals surface area (Å²) in [4.78, 5) is 25.2. The van der Waals surface area contributed by atoms with Crippen LogP contribution in [-0.2, 0) is 11.2 Å². The van der Waals surface area contributed by atoms with E-state index in [4.69, 9.17) is 4.74 Å². The van der Waals surface area contributed by atoms with Gasteiger partial charge >= 0.3 is 6.03 Å². The van der Waals surface area contributed by atoms with Crippen LogP contribution in [0.5, 0.6) is 5.75 Å². The zero-order valence-electron chi connectivity index (χ0n) is 16.2. The first-order chi connectivity index (χ1) is 13.6. The number of urea groups is 1. The van der Waals surface area contributed by atoms with E-state index in [1.807, 2.05) is 30.3 Å². The van der Waals surface area contributed by atoms with Crippen molar-refractivity contribution in [2.24, 2.45) is 0 Å². The van der Waals surface area contributed by atoms with E-state index >= 15 is 0 Å². The van der Waals surface area contributed by atoms with Gasteiger partial charge in [-0.05, 0) is 24.1 Å². The number of hydrogen-bond acceptors (Lipinski definition) is 3. The molecule has 0 saturated carbocycles. The molecule has 0 radical (unpaired) electrons. The summed E-state index contributed by atoms with van der Waals surface area (Å²) in [6.07, 6.45) is 2.50. The van der Waals surface area contributed by atoms with Crippen LogP contribution in [0.1, 0.15) is 12.5 Å². The molecule has 6 heteroatoms. The Hall–Kier alpha value is -3.28. The molecule has 0 fully saturated rings. The average molecular weight is 381 g/mol. The van der Waals surface area contributed by atoms with Gasteiger partial charge in [0.15, 0.2) is 0 Å². The second-order valence-corrected chi connectivity index (χ2v) is 6.26. The Balaban J connectivity index is 1.76. The van der Waals surface area contributed by atoms with Gasteiger partial charge in [0.2, 0.25) is 5.91 Å². The lowest BCUT2D eigenvalue weighted by Gasteiger charge is -2.21. The molecule has 0 bridgehead atoms. The fraction of sp³-hybridized carbons (Fsp3) is 0.273. The van der Waals surface area contributed by atoms with Crippen LogP contribution in [0.3, 0.4) is 0 Å². The van der Waals surface area contributed by atoms with Crippen molar-refractivity contribution in [2.75, 3.05) is 31.6 Å². The predicted octanol–water partition coefficient (Wildman–Crippen LogP) is 3.46. The van der Waals surface area contributed by atoms with E-state index in [2.05, 4.69) is 17.2 Å². The molecule has 0 aliphatic heterocycles. The summed E-state index contributed by atoms with van der Waals surface area (Å²) in [5.41, 5.74) is 1.86. The van der Waals surface area contributed by atoms with Crippen LogP contribution in [0.15, 0.2) is 67.3 Å². The van der Waals surface area contributed by atoms with Gasteiger partial charge in [-0.15, -0.1) is 6.58 Å². The van der Waals surface area contributed by atoms with Gasteiger partial charge in [0.25, 0.3) is 0 Å². The number of benzene rings is 2. The lowest BCUT2D eigenvalue weighted by Crippen LogP contribution is -2.42. The van der Waals surface area contributed by atoms with Gasteiger partial charge in [-0.3, -0.25) is 4.79 Å². The highest BCUT2D eigenvalue weighted by molar-refractivity contribution is 5.88. The minimum Gasteiger partial charge on any atom is -0.492 e. The molecular formula is C22H27N3O3.